The van der Waals surface area contributed by atoms with Crippen LogP contribution >= 0.6 is 0 Å². The molecule has 266 valence electrons. The van der Waals surface area contributed by atoms with Crippen molar-refractivity contribution in [2.75, 3.05) is 79.9 Å². The van der Waals surface area contributed by atoms with Gasteiger partial charge in [-0.1, -0.05) is 44.2 Å². The van der Waals surface area contributed by atoms with Crippen molar-refractivity contribution >= 4 is 21.8 Å². The van der Waals surface area contributed by atoms with Gasteiger partial charge in [-0.05, 0) is 36.5 Å². The maximum Gasteiger partial charge on any atom is 0.243 e. The molecule has 2 aromatic rings. The second kappa shape index (κ2) is 17.9. The van der Waals surface area contributed by atoms with E-state index >= 15 is 0 Å². The van der Waals surface area contributed by atoms with E-state index < -0.39 is 22.2 Å². The normalized spacial score (nSPS) is 18.2. The molecule has 0 radical (unpaired) electrons. The highest BCUT2D eigenvalue weighted by molar-refractivity contribution is 7.89. The summed E-state index contributed by atoms with van der Waals surface area (Å²) in [7, 11) is -1.19. The number of rotatable bonds is 17. The minimum atomic E-state index is -4.09. The number of hydrogen-bond acceptors (Lipinski definition) is 10. The number of benzene rings is 2. The molecule has 2 aliphatic rings. The molecule has 0 spiro atoms. The summed E-state index contributed by atoms with van der Waals surface area (Å²) in [6.07, 6.45) is -0.308. The van der Waals surface area contributed by atoms with Gasteiger partial charge >= 0.3 is 0 Å². The first-order valence-corrected chi connectivity index (χ1v) is 17.9. The maximum absolute atomic E-state index is 14.0. The van der Waals surface area contributed by atoms with Crippen LogP contribution in [0, 0.1) is 5.92 Å². The predicted molar refractivity (Wildman–Crippen MR) is 179 cm³/mol. The third-order valence-corrected chi connectivity index (χ3v) is 10.4. The van der Waals surface area contributed by atoms with Gasteiger partial charge in [0.25, 0.3) is 0 Å². The fourth-order valence-corrected chi connectivity index (χ4v) is 7.58. The highest BCUT2D eigenvalue weighted by atomic mass is 32.2. The Hall–Kier alpha value is -3.27. The fourth-order valence-electron chi connectivity index (χ4n) is 5.94. The molecule has 48 heavy (non-hydrogen) atoms. The van der Waals surface area contributed by atoms with Gasteiger partial charge in [0, 0.05) is 44.9 Å². The lowest BCUT2D eigenvalue weighted by atomic mass is 10.0. The molecule has 0 saturated carbocycles. The van der Waals surface area contributed by atoms with Crippen molar-refractivity contribution in [3.8, 4) is 11.5 Å². The molecule has 0 unspecified atom stereocenters. The number of aliphatic hydroxyl groups excluding tert-OH is 1. The van der Waals surface area contributed by atoms with Crippen molar-refractivity contribution in [2.24, 2.45) is 5.92 Å². The van der Waals surface area contributed by atoms with E-state index in [1.54, 1.807) is 4.90 Å². The molecule has 2 fully saturated rings. The van der Waals surface area contributed by atoms with E-state index in [4.69, 9.17) is 18.9 Å². The van der Waals surface area contributed by atoms with Gasteiger partial charge in [-0.2, -0.15) is 4.31 Å². The summed E-state index contributed by atoms with van der Waals surface area (Å²) >= 11 is 0. The molecular weight excluding hydrogens is 640 g/mol. The smallest absolute Gasteiger partial charge is 0.243 e. The molecule has 4 rings (SSSR count). The first-order chi connectivity index (χ1) is 23.0. The van der Waals surface area contributed by atoms with Crippen molar-refractivity contribution in [3.63, 3.8) is 0 Å². The largest absolute Gasteiger partial charge is 0.493 e. The Morgan fingerprint density at radius 1 is 0.979 bits per heavy atom. The molecule has 0 aromatic heterocycles. The van der Waals surface area contributed by atoms with E-state index in [1.165, 1.54) is 36.7 Å². The van der Waals surface area contributed by atoms with Crippen molar-refractivity contribution in [3.05, 3.63) is 54.1 Å². The van der Waals surface area contributed by atoms with Crippen LogP contribution in [0.3, 0.4) is 0 Å². The summed E-state index contributed by atoms with van der Waals surface area (Å²) in [5.74, 6) is 0.142. The molecule has 3 atom stereocenters. The zero-order chi connectivity index (χ0) is 34.7. The van der Waals surface area contributed by atoms with E-state index in [0.29, 0.717) is 51.7 Å². The van der Waals surface area contributed by atoms with Crippen LogP contribution in [0.5, 0.6) is 11.5 Å². The van der Waals surface area contributed by atoms with E-state index in [9.17, 15) is 23.1 Å². The van der Waals surface area contributed by atoms with Crippen LogP contribution in [0.4, 0.5) is 0 Å². The zero-order valence-electron chi connectivity index (χ0n) is 28.4. The first-order valence-electron chi connectivity index (χ1n) is 16.4. The number of methoxy groups -OCH3 is 2. The molecule has 0 aliphatic carbocycles. The third-order valence-electron chi connectivity index (χ3n) is 8.53. The molecule has 2 amide bonds. The summed E-state index contributed by atoms with van der Waals surface area (Å²) < 4.78 is 50.8. The van der Waals surface area contributed by atoms with Gasteiger partial charge in [-0.3, -0.25) is 14.5 Å². The maximum atomic E-state index is 14.0. The quantitative estimate of drug-likeness (QED) is 0.250. The van der Waals surface area contributed by atoms with E-state index in [0.717, 1.165) is 5.56 Å². The monoisotopic (exact) mass is 690 g/mol. The molecule has 13 nitrogen and oxygen atoms in total. The Bertz CT molecular complexity index is 1430. The third kappa shape index (κ3) is 10.4. The molecule has 14 heteroatoms. The summed E-state index contributed by atoms with van der Waals surface area (Å²) in [5, 5.41) is 14.7. The Kier molecular flexibility index (Phi) is 14.0. The highest BCUT2D eigenvalue weighted by Gasteiger charge is 2.34. The number of sulfonamides is 1. The summed E-state index contributed by atoms with van der Waals surface area (Å²) in [6.45, 7) is 6.57. The van der Waals surface area contributed by atoms with Crippen LogP contribution in [-0.2, 0) is 35.5 Å². The number of amides is 2. The number of aliphatic hydroxyl groups is 1. The van der Waals surface area contributed by atoms with Crippen molar-refractivity contribution in [2.45, 2.75) is 49.8 Å². The van der Waals surface area contributed by atoms with Gasteiger partial charge in [0.1, 0.15) is 0 Å². The van der Waals surface area contributed by atoms with Crippen molar-refractivity contribution in [1.82, 2.24) is 19.4 Å². The van der Waals surface area contributed by atoms with Gasteiger partial charge in [-0.15, -0.1) is 0 Å². The van der Waals surface area contributed by atoms with Crippen LogP contribution in [0.25, 0.3) is 0 Å². The average Bonchev–Trinajstić information content (AvgIpc) is 3.63. The number of carbonyl (C=O) groups is 2. The molecule has 0 bridgehead atoms. The number of nitrogens with zero attached hydrogens (tertiary/aromatic N) is 3. The predicted octanol–water partition coefficient (Wildman–Crippen LogP) is 1.39. The standard InChI is InChI=1S/C34H50N4O9S/c1-25(2)20-38(48(42,43)28-10-11-31(44-3)32(19-28)45-4)21-30(39)29(18-26-8-6-5-7-9-26)35-33(40)22-37(27-12-15-47-24-27)23-34(41)36-13-16-46-17-14-36/h5-11,19,25,27,29-30,39H,12-18,20-24H2,1-4H3,(H,35,40)/t27-,29-,30+/m0/s1. The fraction of sp³-hybridized carbons (Fsp3) is 0.588. The zero-order valence-corrected chi connectivity index (χ0v) is 29.2. The van der Waals surface area contributed by atoms with E-state index in [-0.39, 0.29) is 67.0 Å². The Balaban J connectivity index is 1.54. The van der Waals surface area contributed by atoms with Crippen LogP contribution in [0.1, 0.15) is 25.8 Å². The van der Waals surface area contributed by atoms with Gasteiger partial charge in [0.05, 0.1) is 64.2 Å². The highest BCUT2D eigenvalue weighted by Crippen LogP contribution is 2.31. The molecule has 2 N–H and O–H groups in total. The number of morpholine rings is 1. The minimum Gasteiger partial charge on any atom is -0.493 e. The van der Waals surface area contributed by atoms with Crippen LogP contribution in [0.15, 0.2) is 53.4 Å². The van der Waals surface area contributed by atoms with E-state index in [2.05, 4.69) is 5.32 Å². The Labute approximate surface area is 284 Å². The lowest BCUT2D eigenvalue weighted by Crippen LogP contribution is -2.55. The summed E-state index contributed by atoms with van der Waals surface area (Å²) in [5.41, 5.74) is 0.864. The number of nitrogens with one attached hydrogen (secondary N) is 1. The lowest BCUT2D eigenvalue weighted by molar-refractivity contribution is -0.137. The Morgan fingerprint density at radius 3 is 2.31 bits per heavy atom. The topological polar surface area (TPSA) is 147 Å². The molecule has 2 heterocycles. The van der Waals surface area contributed by atoms with Crippen LogP contribution < -0.4 is 14.8 Å². The van der Waals surface area contributed by atoms with Crippen molar-refractivity contribution < 1.29 is 42.1 Å². The average molecular weight is 691 g/mol. The first kappa shape index (κ1) is 37.5. The van der Waals surface area contributed by atoms with Crippen LogP contribution in [0.2, 0.25) is 0 Å². The minimum absolute atomic E-state index is 0.00370. The molecular formula is C34H50N4O9S. The molecule has 2 aliphatic heterocycles. The second-order valence-corrected chi connectivity index (χ2v) is 14.5. The van der Waals surface area contributed by atoms with Gasteiger partial charge < -0.3 is 34.3 Å². The van der Waals surface area contributed by atoms with Gasteiger partial charge in [0.2, 0.25) is 21.8 Å². The Morgan fingerprint density at radius 2 is 1.69 bits per heavy atom. The lowest BCUT2D eigenvalue weighted by Gasteiger charge is -2.33. The molecule has 2 saturated heterocycles. The van der Waals surface area contributed by atoms with E-state index in [1.807, 2.05) is 49.1 Å². The summed E-state index contributed by atoms with van der Waals surface area (Å²) in [4.78, 5) is 30.4. The van der Waals surface area contributed by atoms with Crippen LogP contribution in [-0.4, -0.2) is 138 Å². The second-order valence-electron chi connectivity index (χ2n) is 12.6. The van der Waals surface area contributed by atoms with Gasteiger partial charge in [-0.25, -0.2) is 8.42 Å². The number of carbonyl (C=O) groups excluding carboxylic acids is 2. The number of hydrogen-bond donors (Lipinski definition) is 2. The SMILES string of the molecule is COc1ccc(S(=O)(=O)N(CC(C)C)C[C@@H](O)[C@H](Cc2ccccc2)NC(=O)CN(CC(=O)N2CCOCC2)[C@H]2CCOC2)cc1OC. The van der Waals surface area contributed by atoms with Gasteiger partial charge in [0.15, 0.2) is 11.5 Å². The number of ether oxygens (including phenoxy) is 4. The molecule has 2 aromatic carbocycles. The van der Waals surface area contributed by atoms with Crippen molar-refractivity contribution in [1.29, 1.82) is 0 Å². The summed E-state index contributed by atoms with van der Waals surface area (Å²) in [6, 6.07) is 12.8.